The molecule has 1 N–H and O–H groups in total. The monoisotopic (exact) mass is 582 g/mol. The third-order valence-corrected chi connectivity index (χ3v) is 7.23. The summed E-state index contributed by atoms with van der Waals surface area (Å²) in [5.41, 5.74) is -1.46. The van der Waals surface area contributed by atoms with Crippen LogP contribution in [0.2, 0.25) is 10.0 Å². The SMILES string of the molecule is O=C(CN(Cc1ccccc1)C(=O)c1cnn(C2CCC(C(=O)O)CC2)c1C(F)(F)F)c1c(Cl)cncc1Cl. The van der Waals surface area contributed by atoms with Crippen molar-refractivity contribution in [3.8, 4) is 0 Å². The molecular formula is C26H23Cl2F3N4O4. The first-order valence-corrected chi connectivity index (χ1v) is 12.8. The Bertz CT molecular complexity index is 1350. The lowest BCUT2D eigenvalue weighted by atomic mass is 9.86. The van der Waals surface area contributed by atoms with E-state index in [0.29, 0.717) is 5.56 Å². The second-order valence-corrected chi connectivity index (χ2v) is 10.1. The third kappa shape index (κ3) is 6.42. The number of aliphatic carboxylic acids is 1. The van der Waals surface area contributed by atoms with Gasteiger partial charge in [-0.15, -0.1) is 0 Å². The first-order chi connectivity index (χ1) is 18.5. The molecule has 0 spiro atoms. The topological polar surface area (TPSA) is 105 Å². The molecule has 2 aromatic heterocycles. The minimum atomic E-state index is -4.94. The summed E-state index contributed by atoms with van der Waals surface area (Å²) in [6, 6.07) is 7.75. The number of halogens is 5. The van der Waals surface area contributed by atoms with Crippen LogP contribution in [-0.2, 0) is 17.5 Å². The van der Waals surface area contributed by atoms with Gasteiger partial charge in [0.2, 0.25) is 0 Å². The predicted molar refractivity (Wildman–Crippen MR) is 136 cm³/mol. The molecule has 1 aromatic carbocycles. The maximum atomic E-state index is 14.4. The number of carbonyl (C=O) groups is 3. The Morgan fingerprint density at radius 3 is 2.18 bits per heavy atom. The molecule has 206 valence electrons. The summed E-state index contributed by atoms with van der Waals surface area (Å²) in [6.07, 6.45) is -0.954. The van der Waals surface area contributed by atoms with E-state index in [1.165, 1.54) is 12.4 Å². The number of alkyl halides is 3. The highest BCUT2D eigenvalue weighted by atomic mass is 35.5. The lowest BCUT2D eigenvalue weighted by Gasteiger charge is -2.28. The average molecular weight is 583 g/mol. The van der Waals surface area contributed by atoms with E-state index in [4.69, 9.17) is 23.2 Å². The molecule has 39 heavy (non-hydrogen) atoms. The second-order valence-electron chi connectivity index (χ2n) is 9.24. The number of carboxylic acid groups (broad SMARTS) is 1. The Kier molecular flexibility index (Phi) is 8.60. The van der Waals surface area contributed by atoms with Gasteiger partial charge >= 0.3 is 12.1 Å². The van der Waals surface area contributed by atoms with Gasteiger partial charge in [0.25, 0.3) is 5.91 Å². The maximum Gasteiger partial charge on any atom is 0.433 e. The minimum absolute atomic E-state index is 0.0552. The quantitative estimate of drug-likeness (QED) is 0.329. The number of pyridine rings is 1. The highest BCUT2D eigenvalue weighted by Crippen LogP contribution is 2.39. The molecule has 0 radical (unpaired) electrons. The van der Waals surface area contributed by atoms with Crippen LogP contribution in [0.5, 0.6) is 0 Å². The Labute approximate surface area is 231 Å². The largest absolute Gasteiger partial charge is 0.481 e. The van der Waals surface area contributed by atoms with E-state index in [-0.39, 0.29) is 47.8 Å². The zero-order valence-electron chi connectivity index (χ0n) is 20.4. The van der Waals surface area contributed by atoms with Crippen LogP contribution in [-0.4, -0.2) is 49.0 Å². The lowest BCUT2D eigenvalue weighted by molar-refractivity contribution is -0.147. The van der Waals surface area contributed by atoms with E-state index in [1.54, 1.807) is 30.3 Å². The summed E-state index contributed by atoms with van der Waals surface area (Å²) in [5, 5.41) is 13.0. The first kappa shape index (κ1) is 28.6. The van der Waals surface area contributed by atoms with Gasteiger partial charge in [-0.2, -0.15) is 18.3 Å². The van der Waals surface area contributed by atoms with Crippen molar-refractivity contribution in [2.24, 2.45) is 5.92 Å². The van der Waals surface area contributed by atoms with Crippen molar-refractivity contribution in [3.05, 3.63) is 81.4 Å². The summed E-state index contributed by atoms with van der Waals surface area (Å²) < 4.78 is 43.8. The van der Waals surface area contributed by atoms with Crippen LogP contribution < -0.4 is 0 Å². The number of ketones is 1. The normalized spacial score (nSPS) is 17.6. The van der Waals surface area contributed by atoms with Crippen LogP contribution in [0.4, 0.5) is 13.2 Å². The predicted octanol–water partition coefficient (Wildman–Crippen LogP) is 5.94. The number of rotatable bonds is 8. The van der Waals surface area contributed by atoms with Gasteiger partial charge in [0.1, 0.15) is 0 Å². The Balaban J connectivity index is 1.69. The fourth-order valence-corrected chi connectivity index (χ4v) is 5.32. The Morgan fingerprint density at radius 2 is 1.62 bits per heavy atom. The van der Waals surface area contributed by atoms with Gasteiger partial charge in [0.15, 0.2) is 11.5 Å². The molecule has 0 bridgehead atoms. The maximum absolute atomic E-state index is 14.4. The lowest BCUT2D eigenvalue weighted by Crippen LogP contribution is -2.37. The minimum Gasteiger partial charge on any atom is -0.481 e. The molecule has 8 nitrogen and oxygen atoms in total. The van der Waals surface area contributed by atoms with Crippen molar-refractivity contribution < 1.29 is 32.7 Å². The number of amides is 1. The van der Waals surface area contributed by atoms with Crippen LogP contribution in [0, 0.1) is 5.92 Å². The third-order valence-electron chi connectivity index (χ3n) is 6.66. The number of aromatic nitrogens is 3. The van der Waals surface area contributed by atoms with Crippen LogP contribution in [0.3, 0.4) is 0 Å². The molecule has 1 saturated carbocycles. The van der Waals surface area contributed by atoms with Crippen molar-refractivity contribution in [3.63, 3.8) is 0 Å². The fraction of sp³-hybridized carbons (Fsp3) is 0.346. The molecule has 0 unspecified atom stereocenters. The van der Waals surface area contributed by atoms with Gasteiger partial charge in [-0.1, -0.05) is 53.5 Å². The van der Waals surface area contributed by atoms with E-state index < -0.39 is 53.6 Å². The number of benzene rings is 1. The van der Waals surface area contributed by atoms with Gasteiger partial charge in [-0.3, -0.25) is 24.0 Å². The first-order valence-electron chi connectivity index (χ1n) is 12.0. The van der Waals surface area contributed by atoms with Crippen molar-refractivity contribution in [2.75, 3.05) is 6.54 Å². The molecule has 4 rings (SSSR count). The van der Waals surface area contributed by atoms with Gasteiger partial charge in [-0.05, 0) is 31.2 Å². The van der Waals surface area contributed by atoms with Crippen molar-refractivity contribution in [1.82, 2.24) is 19.7 Å². The smallest absolute Gasteiger partial charge is 0.433 e. The zero-order chi connectivity index (χ0) is 28.3. The van der Waals surface area contributed by atoms with E-state index in [1.807, 2.05) is 0 Å². The van der Waals surface area contributed by atoms with Gasteiger partial charge < -0.3 is 10.0 Å². The molecule has 2 heterocycles. The number of hydrogen-bond donors (Lipinski definition) is 1. The average Bonchev–Trinajstić information content (AvgIpc) is 3.34. The van der Waals surface area contributed by atoms with Gasteiger partial charge in [-0.25, -0.2) is 0 Å². The second kappa shape index (κ2) is 11.7. The zero-order valence-corrected chi connectivity index (χ0v) is 21.9. The van der Waals surface area contributed by atoms with Crippen molar-refractivity contribution in [1.29, 1.82) is 0 Å². The molecule has 3 aromatic rings. The van der Waals surface area contributed by atoms with Crippen molar-refractivity contribution >= 4 is 40.9 Å². The molecule has 0 atom stereocenters. The highest BCUT2D eigenvalue weighted by Gasteiger charge is 2.43. The number of hydrogen-bond acceptors (Lipinski definition) is 5. The molecule has 0 saturated heterocycles. The van der Waals surface area contributed by atoms with Crippen LogP contribution >= 0.6 is 23.2 Å². The standard InChI is InChI=1S/C26H23Cl2F3N4O4/c27-19-11-32-12-20(28)22(19)21(36)14-34(13-15-4-2-1-3-5-15)24(37)18-10-33-35(23(18)26(29,30)31)17-8-6-16(7-9-17)25(38)39/h1-5,10-12,16-17H,6-9,13-14H2,(H,38,39). The number of carbonyl (C=O) groups excluding carboxylic acids is 2. The molecule has 1 aliphatic carbocycles. The summed E-state index contributed by atoms with van der Waals surface area (Å²) in [7, 11) is 0. The number of Topliss-reactive ketones (excluding diaryl/α,β-unsaturated/α-hetero) is 1. The number of nitrogens with zero attached hydrogens (tertiary/aromatic N) is 4. The summed E-state index contributed by atoms with van der Waals surface area (Å²) in [4.78, 5) is 42.9. The van der Waals surface area contributed by atoms with Crippen LogP contribution in [0.15, 0.2) is 48.9 Å². The molecular weight excluding hydrogens is 560 g/mol. The summed E-state index contributed by atoms with van der Waals surface area (Å²) in [6.45, 7) is -0.776. The number of carboxylic acids is 1. The van der Waals surface area contributed by atoms with E-state index >= 15 is 0 Å². The molecule has 1 amide bonds. The van der Waals surface area contributed by atoms with Crippen LogP contribution in [0.1, 0.15) is 63.7 Å². The Hall–Kier alpha value is -3.44. The highest BCUT2D eigenvalue weighted by molar-refractivity contribution is 6.39. The summed E-state index contributed by atoms with van der Waals surface area (Å²) in [5.74, 6) is -3.35. The van der Waals surface area contributed by atoms with Crippen LogP contribution in [0.25, 0.3) is 0 Å². The van der Waals surface area contributed by atoms with Crippen molar-refractivity contribution in [2.45, 2.75) is 44.4 Å². The molecule has 1 fully saturated rings. The van der Waals surface area contributed by atoms with Gasteiger partial charge in [0.05, 0.1) is 45.9 Å². The fourth-order valence-electron chi connectivity index (χ4n) is 4.75. The molecule has 1 aliphatic rings. The van der Waals surface area contributed by atoms with Gasteiger partial charge in [0, 0.05) is 18.9 Å². The molecule has 0 aliphatic heterocycles. The molecule has 13 heteroatoms. The van der Waals surface area contributed by atoms with E-state index in [2.05, 4.69) is 10.1 Å². The summed E-state index contributed by atoms with van der Waals surface area (Å²) >= 11 is 12.2. The van der Waals surface area contributed by atoms with E-state index in [9.17, 15) is 32.7 Å². The van der Waals surface area contributed by atoms with E-state index in [0.717, 1.165) is 15.8 Å². The Morgan fingerprint density at radius 1 is 1.00 bits per heavy atom.